The summed E-state index contributed by atoms with van der Waals surface area (Å²) in [7, 11) is 4.73. The number of piperidine rings is 1. The van der Waals surface area contributed by atoms with Crippen molar-refractivity contribution >= 4 is 17.5 Å². The number of hydrogen-bond acceptors (Lipinski definition) is 8. The van der Waals surface area contributed by atoms with E-state index in [2.05, 4.69) is 10.6 Å². The molecular formula is C36H49N3O7. The van der Waals surface area contributed by atoms with Crippen molar-refractivity contribution < 1.29 is 28.9 Å². The van der Waals surface area contributed by atoms with Crippen molar-refractivity contribution in [2.45, 2.75) is 89.2 Å². The van der Waals surface area contributed by atoms with Gasteiger partial charge in [-0.15, -0.1) is 0 Å². The third-order valence-electron chi connectivity index (χ3n) is 10.1. The third-order valence-corrected chi connectivity index (χ3v) is 10.1. The number of carbonyl (C=O) groups excluding carboxylic acids is 2. The molecular weight excluding hydrogens is 586 g/mol. The lowest BCUT2D eigenvalue weighted by Gasteiger charge is -2.47. The number of benzene rings is 1. The summed E-state index contributed by atoms with van der Waals surface area (Å²) in [6.45, 7) is 3.40. The fourth-order valence-electron chi connectivity index (χ4n) is 7.61. The summed E-state index contributed by atoms with van der Waals surface area (Å²) >= 11 is 0. The van der Waals surface area contributed by atoms with Crippen molar-refractivity contribution in [3.8, 4) is 28.4 Å². The van der Waals surface area contributed by atoms with Crippen LogP contribution in [0.2, 0.25) is 0 Å². The van der Waals surface area contributed by atoms with E-state index in [0.717, 1.165) is 67.2 Å². The van der Waals surface area contributed by atoms with Crippen LogP contribution in [0.4, 0.5) is 5.69 Å². The highest BCUT2D eigenvalue weighted by Gasteiger charge is 2.43. The fourth-order valence-corrected chi connectivity index (χ4v) is 7.61. The summed E-state index contributed by atoms with van der Waals surface area (Å²) in [5.41, 5.74) is 3.04. The van der Waals surface area contributed by atoms with Crippen LogP contribution in [0.5, 0.6) is 17.2 Å². The standard InChI is InChI=1S/C36H49N3O7/c1-23(40)38-28-14-12-24-20-31(44-2)34(45-3)35(46-4)33(24)26-13-15-29(30(41)21-27(26)28)37-18-9-5-6-11-32(42)39-19-17-36(43)16-8-7-10-25(36)22-39/h13,15,20-21,25,28,43H,5-12,14,16-19,22H2,1-4H3,(H,37,41)(H,38,40)/t25-,28-,36+/m0/s1. The molecule has 3 atom stereocenters. The van der Waals surface area contributed by atoms with E-state index >= 15 is 0 Å². The van der Waals surface area contributed by atoms with Crippen LogP contribution in [0.3, 0.4) is 0 Å². The third kappa shape index (κ3) is 7.12. The predicted molar refractivity (Wildman–Crippen MR) is 178 cm³/mol. The maximum atomic E-state index is 13.5. The Kier molecular flexibility index (Phi) is 10.8. The molecule has 10 nitrogen and oxygen atoms in total. The Hall–Kier alpha value is -3.79. The largest absolute Gasteiger partial charge is 0.493 e. The van der Waals surface area contributed by atoms with E-state index in [4.69, 9.17) is 14.2 Å². The Morgan fingerprint density at radius 2 is 1.80 bits per heavy atom. The van der Waals surface area contributed by atoms with Gasteiger partial charge in [-0.1, -0.05) is 25.3 Å². The van der Waals surface area contributed by atoms with Crippen LogP contribution in [0.15, 0.2) is 29.1 Å². The Morgan fingerprint density at radius 1 is 1.00 bits per heavy atom. The fraction of sp³-hybridized carbons (Fsp3) is 0.583. The minimum absolute atomic E-state index is 0.164. The second kappa shape index (κ2) is 14.8. The summed E-state index contributed by atoms with van der Waals surface area (Å²) in [5, 5.41) is 17.3. The van der Waals surface area contributed by atoms with Crippen molar-refractivity contribution in [1.29, 1.82) is 0 Å². The molecule has 3 aliphatic rings. The van der Waals surface area contributed by atoms with Gasteiger partial charge in [0, 0.05) is 44.5 Å². The molecule has 0 aromatic heterocycles. The maximum Gasteiger partial charge on any atom is 0.222 e. The lowest BCUT2D eigenvalue weighted by molar-refractivity contribution is -0.143. The van der Waals surface area contributed by atoms with Crippen LogP contribution in [0.25, 0.3) is 11.1 Å². The Labute approximate surface area is 271 Å². The number of rotatable bonds is 11. The van der Waals surface area contributed by atoms with Crippen LogP contribution in [-0.4, -0.2) is 68.4 Å². The lowest BCUT2D eigenvalue weighted by Crippen LogP contribution is -2.54. The number of unbranched alkanes of at least 4 members (excludes halogenated alkanes) is 2. The Morgan fingerprint density at radius 3 is 2.54 bits per heavy atom. The first-order valence-electron chi connectivity index (χ1n) is 16.7. The van der Waals surface area contributed by atoms with Gasteiger partial charge in [-0.2, -0.15) is 0 Å². The van der Waals surface area contributed by atoms with Crippen LogP contribution in [-0.2, 0) is 16.0 Å². The molecule has 2 fully saturated rings. The van der Waals surface area contributed by atoms with E-state index in [1.165, 1.54) is 6.92 Å². The quantitative estimate of drug-likeness (QED) is 0.295. The molecule has 1 saturated carbocycles. The van der Waals surface area contributed by atoms with Crippen molar-refractivity contribution in [2.24, 2.45) is 5.92 Å². The van der Waals surface area contributed by atoms with E-state index in [-0.39, 0.29) is 29.2 Å². The number of aryl methyl sites for hydroxylation is 1. The monoisotopic (exact) mass is 635 g/mol. The van der Waals surface area contributed by atoms with Gasteiger partial charge in [0.25, 0.3) is 0 Å². The number of amides is 2. The molecule has 46 heavy (non-hydrogen) atoms. The normalized spacial score (nSPS) is 22.0. The lowest BCUT2D eigenvalue weighted by atomic mass is 9.71. The molecule has 0 radical (unpaired) electrons. The molecule has 0 unspecified atom stereocenters. The van der Waals surface area contributed by atoms with Crippen molar-refractivity contribution in [2.75, 3.05) is 46.3 Å². The Balaban J connectivity index is 1.26. The molecule has 2 aromatic rings. The first kappa shape index (κ1) is 33.6. The van der Waals surface area contributed by atoms with Crippen molar-refractivity contribution in [3.63, 3.8) is 0 Å². The summed E-state index contributed by atoms with van der Waals surface area (Å²) in [5.74, 6) is 1.75. The van der Waals surface area contributed by atoms with Crippen molar-refractivity contribution in [1.82, 2.24) is 10.2 Å². The van der Waals surface area contributed by atoms with E-state index < -0.39 is 5.60 Å². The average Bonchev–Trinajstić information content (AvgIpc) is 3.29. The molecule has 2 aromatic carbocycles. The number of anilines is 1. The number of nitrogens with zero attached hydrogens (tertiary/aromatic N) is 1. The van der Waals surface area contributed by atoms with Crippen LogP contribution < -0.4 is 30.3 Å². The van der Waals surface area contributed by atoms with Gasteiger partial charge < -0.3 is 34.9 Å². The van der Waals surface area contributed by atoms with Crippen LogP contribution in [0, 0.1) is 5.92 Å². The van der Waals surface area contributed by atoms with Gasteiger partial charge in [-0.3, -0.25) is 14.4 Å². The number of methoxy groups -OCH3 is 3. The van der Waals surface area contributed by atoms with Gasteiger partial charge in [0.15, 0.2) is 11.5 Å². The summed E-state index contributed by atoms with van der Waals surface area (Å²) in [6, 6.07) is 6.90. The van der Waals surface area contributed by atoms with E-state index in [1.807, 2.05) is 17.0 Å². The summed E-state index contributed by atoms with van der Waals surface area (Å²) < 4.78 is 17.1. The topological polar surface area (TPSA) is 126 Å². The maximum absolute atomic E-state index is 13.5. The van der Waals surface area contributed by atoms with E-state index in [9.17, 15) is 19.5 Å². The van der Waals surface area contributed by atoms with Gasteiger partial charge in [0.05, 0.1) is 38.7 Å². The molecule has 3 N–H and O–H groups in total. The second-order valence-electron chi connectivity index (χ2n) is 13.0. The molecule has 0 bridgehead atoms. The van der Waals surface area contributed by atoms with Gasteiger partial charge in [-0.25, -0.2) is 0 Å². The number of likely N-dealkylation sites (tertiary alicyclic amines) is 1. The molecule has 0 spiro atoms. The molecule has 1 heterocycles. The number of nitrogens with one attached hydrogen (secondary N) is 2. The predicted octanol–water partition coefficient (Wildman–Crippen LogP) is 4.99. The molecule has 10 heteroatoms. The molecule has 1 saturated heterocycles. The van der Waals surface area contributed by atoms with Gasteiger partial charge in [0.1, 0.15) is 0 Å². The number of hydrogen-bond donors (Lipinski definition) is 3. The number of ether oxygens (including phenoxy) is 3. The minimum Gasteiger partial charge on any atom is -0.493 e. The van der Waals surface area contributed by atoms with E-state index in [1.54, 1.807) is 33.5 Å². The van der Waals surface area contributed by atoms with Crippen LogP contribution in [0.1, 0.15) is 88.3 Å². The SMILES string of the molecule is COc1cc2c(c(OC)c1OC)-c1ccc(NCCCCCC(=O)N3CC[C@]4(O)CCCC[C@H]4C3)c(=O)cc1[C@@H](NC(C)=O)CC2. The smallest absolute Gasteiger partial charge is 0.222 e. The van der Waals surface area contributed by atoms with Crippen LogP contribution >= 0.6 is 0 Å². The Bertz CT molecular complexity index is 1500. The highest BCUT2D eigenvalue weighted by Crippen LogP contribution is 2.50. The zero-order valence-corrected chi connectivity index (χ0v) is 27.7. The highest BCUT2D eigenvalue weighted by atomic mass is 16.5. The van der Waals surface area contributed by atoms with Gasteiger partial charge in [0.2, 0.25) is 23.0 Å². The molecule has 1 aliphatic heterocycles. The van der Waals surface area contributed by atoms with Gasteiger partial charge >= 0.3 is 0 Å². The number of fused-ring (bicyclic) bond motifs is 4. The second-order valence-corrected chi connectivity index (χ2v) is 13.0. The first-order valence-corrected chi connectivity index (χ1v) is 16.7. The summed E-state index contributed by atoms with van der Waals surface area (Å²) in [6.07, 6.45) is 8.97. The molecule has 5 rings (SSSR count). The molecule has 250 valence electrons. The molecule has 2 aliphatic carbocycles. The average molecular weight is 636 g/mol. The highest BCUT2D eigenvalue weighted by molar-refractivity contribution is 5.83. The number of carbonyl (C=O) groups is 2. The number of aliphatic hydroxyl groups is 1. The summed E-state index contributed by atoms with van der Waals surface area (Å²) in [4.78, 5) is 40.6. The first-order chi connectivity index (χ1) is 22.2. The van der Waals surface area contributed by atoms with Gasteiger partial charge in [-0.05, 0) is 79.8 Å². The minimum atomic E-state index is -0.575. The van der Waals surface area contributed by atoms with Crippen molar-refractivity contribution in [3.05, 3.63) is 45.6 Å². The molecule has 2 amide bonds. The zero-order chi connectivity index (χ0) is 32.8. The van der Waals surface area contributed by atoms with E-state index in [0.29, 0.717) is 68.3 Å². The zero-order valence-electron chi connectivity index (χ0n) is 27.7.